The van der Waals surface area contributed by atoms with Crippen LogP contribution in [0.2, 0.25) is 0 Å². The molecular formula is C15H20N2O. The number of rotatable bonds is 8. The van der Waals surface area contributed by atoms with Gasteiger partial charge in [-0.3, -0.25) is 0 Å². The molecule has 0 aliphatic carbocycles. The van der Waals surface area contributed by atoms with Gasteiger partial charge in [-0.05, 0) is 23.4 Å². The van der Waals surface area contributed by atoms with E-state index in [1.165, 1.54) is 16.5 Å². The second-order valence-electron chi connectivity index (χ2n) is 4.23. The number of para-hydroxylation sites is 1. The van der Waals surface area contributed by atoms with Gasteiger partial charge >= 0.3 is 0 Å². The maximum Gasteiger partial charge on any atom is 0.0591 e. The van der Waals surface area contributed by atoms with Crippen LogP contribution in [0.4, 0.5) is 0 Å². The van der Waals surface area contributed by atoms with Gasteiger partial charge in [-0.2, -0.15) is 0 Å². The van der Waals surface area contributed by atoms with Gasteiger partial charge in [0.2, 0.25) is 0 Å². The molecule has 18 heavy (non-hydrogen) atoms. The fraction of sp³-hybridized carbons (Fsp3) is 0.333. The van der Waals surface area contributed by atoms with E-state index >= 15 is 0 Å². The lowest BCUT2D eigenvalue weighted by Gasteiger charge is -2.06. The third-order valence-electron chi connectivity index (χ3n) is 2.88. The number of fused-ring (bicyclic) bond motifs is 1. The van der Waals surface area contributed by atoms with Crippen molar-refractivity contribution in [2.45, 2.75) is 13.0 Å². The Morgan fingerprint density at radius 1 is 1.28 bits per heavy atom. The summed E-state index contributed by atoms with van der Waals surface area (Å²) in [5.74, 6) is 0. The predicted molar refractivity (Wildman–Crippen MR) is 75.6 cm³/mol. The molecule has 0 saturated carbocycles. The Labute approximate surface area is 108 Å². The molecule has 0 atom stereocenters. The Kier molecular flexibility index (Phi) is 5.00. The number of aromatic amines is 1. The van der Waals surface area contributed by atoms with Crippen molar-refractivity contribution in [2.75, 3.05) is 19.8 Å². The van der Waals surface area contributed by atoms with Crippen molar-refractivity contribution in [3.05, 3.63) is 48.7 Å². The molecule has 0 saturated heterocycles. The maximum atomic E-state index is 5.44. The molecule has 0 aliphatic heterocycles. The van der Waals surface area contributed by atoms with E-state index in [0.717, 1.165) is 32.7 Å². The average Bonchev–Trinajstić information content (AvgIpc) is 2.86. The zero-order chi connectivity index (χ0) is 12.6. The van der Waals surface area contributed by atoms with Gasteiger partial charge in [0.15, 0.2) is 0 Å². The molecule has 2 N–H and O–H groups in total. The molecule has 3 nitrogen and oxygen atoms in total. The van der Waals surface area contributed by atoms with E-state index in [2.05, 4.69) is 41.1 Å². The van der Waals surface area contributed by atoms with Crippen LogP contribution >= 0.6 is 0 Å². The first-order valence-electron chi connectivity index (χ1n) is 6.36. The fourth-order valence-electron chi connectivity index (χ4n) is 1.93. The van der Waals surface area contributed by atoms with E-state index in [9.17, 15) is 0 Å². The van der Waals surface area contributed by atoms with E-state index in [1.807, 2.05) is 12.3 Å². The Balaban J connectivity index is 1.73. The van der Waals surface area contributed by atoms with Gasteiger partial charge in [0.25, 0.3) is 0 Å². The summed E-state index contributed by atoms with van der Waals surface area (Å²) in [7, 11) is 0. The zero-order valence-electron chi connectivity index (χ0n) is 10.6. The first kappa shape index (κ1) is 12.9. The van der Waals surface area contributed by atoms with Gasteiger partial charge in [0, 0.05) is 24.8 Å². The highest BCUT2D eigenvalue weighted by atomic mass is 16.5. The average molecular weight is 244 g/mol. The van der Waals surface area contributed by atoms with Gasteiger partial charge in [-0.15, -0.1) is 6.58 Å². The SMILES string of the molecule is C=CCCOCCNCc1cccc2cc[nH]c12. The molecular weight excluding hydrogens is 224 g/mol. The van der Waals surface area contributed by atoms with Crippen molar-refractivity contribution in [1.82, 2.24) is 10.3 Å². The topological polar surface area (TPSA) is 37.0 Å². The highest BCUT2D eigenvalue weighted by Gasteiger charge is 2.00. The van der Waals surface area contributed by atoms with E-state index in [-0.39, 0.29) is 0 Å². The molecule has 96 valence electrons. The molecule has 0 aliphatic rings. The second-order valence-corrected chi connectivity index (χ2v) is 4.23. The van der Waals surface area contributed by atoms with E-state index in [0.29, 0.717) is 0 Å². The minimum atomic E-state index is 0.745. The lowest BCUT2D eigenvalue weighted by Crippen LogP contribution is -2.19. The first-order chi connectivity index (χ1) is 8.92. The van der Waals surface area contributed by atoms with Crippen LogP contribution in [0, 0.1) is 0 Å². The van der Waals surface area contributed by atoms with Gasteiger partial charge in [-0.25, -0.2) is 0 Å². The summed E-state index contributed by atoms with van der Waals surface area (Å²) in [6, 6.07) is 8.45. The molecule has 2 aromatic rings. The van der Waals surface area contributed by atoms with Crippen molar-refractivity contribution in [1.29, 1.82) is 0 Å². The van der Waals surface area contributed by atoms with Crippen LogP contribution in [0.25, 0.3) is 10.9 Å². The summed E-state index contributed by atoms with van der Waals surface area (Å²) in [5.41, 5.74) is 2.51. The van der Waals surface area contributed by atoms with Gasteiger partial charge in [0.1, 0.15) is 0 Å². The van der Waals surface area contributed by atoms with Crippen molar-refractivity contribution < 1.29 is 4.74 Å². The van der Waals surface area contributed by atoms with E-state index in [1.54, 1.807) is 0 Å². The Morgan fingerprint density at radius 3 is 3.11 bits per heavy atom. The van der Waals surface area contributed by atoms with Crippen molar-refractivity contribution in [2.24, 2.45) is 0 Å². The summed E-state index contributed by atoms with van der Waals surface area (Å²) in [5, 5.41) is 4.65. The smallest absolute Gasteiger partial charge is 0.0591 e. The molecule has 0 fully saturated rings. The van der Waals surface area contributed by atoms with Gasteiger partial charge in [0.05, 0.1) is 13.2 Å². The molecule has 0 spiro atoms. The van der Waals surface area contributed by atoms with Crippen molar-refractivity contribution >= 4 is 10.9 Å². The number of hydrogen-bond donors (Lipinski definition) is 2. The summed E-state index contributed by atoms with van der Waals surface area (Å²) in [6.07, 6.45) is 4.77. The Hall–Kier alpha value is -1.58. The Morgan fingerprint density at radius 2 is 2.22 bits per heavy atom. The van der Waals surface area contributed by atoms with Crippen LogP contribution in [0.15, 0.2) is 43.1 Å². The summed E-state index contributed by atoms with van der Waals surface area (Å²) >= 11 is 0. The third kappa shape index (κ3) is 3.45. The van der Waals surface area contributed by atoms with Gasteiger partial charge in [-0.1, -0.05) is 24.3 Å². The number of aromatic nitrogens is 1. The molecule has 0 bridgehead atoms. The van der Waals surface area contributed by atoms with E-state index < -0.39 is 0 Å². The number of nitrogens with one attached hydrogen (secondary N) is 2. The minimum Gasteiger partial charge on any atom is -0.380 e. The molecule has 1 aromatic heterocycles. The largest absolute Gasteiger partial charge is 0.380 e. The number of ether oxygens (including phenoxy) is 1. The second kappa shape index (κ2) is 6.99. The highest BCUT2D eigenvalue weighted by molar-refractivity contribution is 5.82. The molecule has 2 rings (SSSR count). The van der Waals surface area contributed by atoms with Crippen LogP contribution in [-0.2, 0) is 11.3 Å². The highest BCUT2D eigenvalue weighted by Crippen LogP contribution is 2.16. The standard InChI is InChI=1S/C15H20N2O/c1-2-3-10-18-11-9-16-12-14-6-4-5-13-7-8-17-15(13)14/h2,4-8,16-17H,1,3,9-12H2. The van der Waals surface area contributed by atoms with Crippen LogP contribution in [0.5, 0.6) is 0 Å². The zero-order valence-corrected chi connectivity index (χ0v) is 10.6. The maximum absolute atomic E-state index is 5.44. The molecule has 3 heteroatoms. The molecule has 0 unspecified atom stereocenters. The monoisotopic (exact) mass is 244 g/mol. The summed E-state index contributed by atoms with van der Waals surface area (Å²) < 4.78 is 5.44. The summed E-state index contributed by atoms with van der Waals surface area (Å²) in [6.45, 7) is 6.90. The van der Waals surface area contributed by atoms with Crippen molar-refractivity contribution in [3.8, 4) is 0 Å². The van der Waals surface area contributed by atoms with Gasteiger partial charge < -0.3 is 15.0 Å². The molecule has 1 aromatic carbocycles. The van der Waals surface area contributed by atoms with Crippen LogP contribution in [0.1, 0.15) is 12.0 Å². The first-order valence-corrected chi connectivity index (χ1v) is 6.36. The minimum absolute atomic E-state index is 0.745. The van der Waals surface area contributed by atoms with Crippen LogP contribution in [-0.4, -0.2) is 24.7 Å². The predicted octanol–water partition coefficient (Wildman–Crippen LogP) is 2.85. The number of H-pyrrole nitrogens is 1. The van der Waals surface area contributed by atoms with Crippen molar-refractivity contribution in [3.63, 3.8) is 0 Å². The Bertz CT molecular complexity index is 490. The van der Waals surface area contributed by atoms with Crippen LogP contribution in [0.3, 0.4) is 0 Å². The molecule has 0 amide bonds. The lowest BCUT2D eigenvalue weighted by molar-refractivity contribution is 0.140. The fourth-order valence-corrected chi connectivity index (χ4v) is 1.93. The summed E-state index contributed by atoms with van der Waals surface area (Å²) in [4.78, 5) is 3.27. The number of benzene rings is 1. The lowest BCUT2D eigenvalue weighted by atomic mass is 10.1. The molecule has 1 heterocycles. The van der Waals surface area contributed by atoms with Crippen LogP contribution < -0.4 is 5.32 Å². The van der Waals surface area contributed by atoms with E-state index in [4.69, 9.17) is 4.74 Å². The quantitative estimate of drug-likeness (QED) is 0.553. The normalized spacial score (nSPS) is 10.9. The molecule has 0 radical (unpaired) electrons. The number of hydrogen-bond acceptors (Lipinski definition) is 2. The third-order valence-corrected chi connectivity index (χ3v) is 2.88.